The third kappa shape index (κ3) is 5.52. The van der Waals surface area contributed by atoms with Crippen molar-refractivity contribution < 1.29 is 4.74 Å². The quantitative estimate of drug-likeness (QED) is 0.783. The molecule has 0 saturated carbocycles. The highest BCUT2D eigenvalue weighted by atomic mass is 16.5. The molecule has 0 aliphatic heterocycles. The molecule has 0 aliphatic rings. The van der Waals surface area contributed by atoms with Crippen molar-refractivity contribution in [2.75, 3.05) is 32.1 Å². The first-order valence-corrected chi connectivity index (χ1v) is 7.04. The third-order valence-electron chi connectivity index (χ3n) is 3.68. The zero-order chi connectivity index (χ0) is 14.3. The fraction of sp³-hybridized carbons (Fsp3) is 0.625. The van der Waals surface area contributed by atoms with Crippen molar-refractivity contribution >= 4 is 5.69 Å². The first kappa shape index (κ1) is 15.8. The van der Waals surface area contributed by atoms with E-state index < -0.39 is 0 Å². The highest BCUT2D eigenvalue weighted by Crippen LogP contribution is 2.26. The minimum Gasteiger partial charge on any atom is -0.497 e. The average molecular weight is 264 g/mol. The average Bonchev–Trinajstić information content (AvgIpc) is 2.38. The van der Waals surface area contributed by atoms with Crippen LogP contribution < -0.4 is 15.4 Å². The molecule has 0 atom stereocenters. The maximum Gasteiger partial charge on any atom is 0.119 e. The number of anilines is 1. The summed E-state index contributed by atoms with van der Waals surface area (Å²) in [5.41, 5.74) is 7.23. The van der Waals surface area contributed by atoms with Crippen LogP contribution in [0.15, 0.2) is 24.3 Å². The molecule has 3 heteroatoms. The molecular formula is C16H28N2O. The van der Waals surface area contributed by atoms with Crippen molar-refractivity contribution in [3.05, 3.63) is 24.3 Å². The Kier molecular flexibility index (Phi) is 6.16. The van der Waals surface area contributed by atoms with Crippen molar-refractivity contribution in [1.29, 1.82) is 0 Å². The van der Waals surface area contributed by atoms with Crippen LogP contribution in [0.3, 0.4) is 0 Å². The predicted molar refractivity (Wildman–Crippen MR) is 83.0 cm³/mol. The van der Waals surface area contributed by atoms with Gasteiger partial charge in [0.2, 0.25) is 0 Å². The van der Waals surface area contributed by atoms with Crippen LogP contribution in [-0.2, 0) is 0 Å². The molecule has 0 aliphatic carbocycles. The summed E-state index contributed by atoms with van der Waals surface area (Å²) in [4.78, 5) is 2.29. The molecule has 3 nitrogen and oxygen atoms in total. The molecule has 19 heavy (non-hydrogen) atoms. The minimum atomic E-state index is 0.357. The number of ether oxygens (including phenoxy) is 1. The van der Waals surface area contributed by atoms with Crippen LogP contribution in [0.1, 0.15) is 33.1 Å². The van der Waals surface area contributed by atoms with E-state index in [9.17, 15) is 0 Å². The summed E-state index contributed by atoms with van der Waals surface area (Å²) in [6, 6.07) is 8.21. The summed E-state index contributed by atoms with van der Waals surface area (Å²) in [5.74, 6) is 0.904. The van der Waals surface area contributed by atoms with Gasteiger partial charge in [0.25, 0.3) is 0 Å². The lowest BCUT2D eigenvalue weighted by Gasteiger charge is -2.26. The maximum atomic E-state index is 5.64. The van der Waals surface area contributed by atoms with Crippen LogP contribution in [0, 0.1) is 5.41 Å². The van der Waals surface area contributed by atoms with E-state index in [0.29, 0.717) is 5.41 Å². The van der Waals surface area contributed by atoms with Crippen LogP contribution in [0.5, 0.6) is 5.75 Å². The Bertz CT molecular complexity index is 360. The number of benzene rings is 1. The highest BCUT2D eigenvalue weighted by molar-refractivity contribution is 5.48. The first-order valence-electron chi connectivity index (χ1n) is 7.04. The predicted octanol–water partition coefficient (Wildman–Crippen LogP) is 3.29. The Labute approximate surface area is 117 Å². The van der Waals surface area contributed by atoms with E-state index in [1.807, 2.05) is 12.1 Å². The lowest BCUT2D eigenvalue weighted by atomic mass is 9.84. The Hall–Kier alpha value is -1.22. The van der Waals surface area contributed by atoms with E-state index in [0.717, 1.165) is 25.3 Å². The van der Waals surface area contributed by atoms with Crippen molar-refractivity contribution in [2.24, 2.45) is 11.1 Å². The first-order chi connectivity index (χ1) is 8.98. The highest BCUT2D eigenvalue weighted by Gasteiger charge is 2.16. The summed E-state index contributed by atoms with van der Waals surface area (Å²) < 4.78 is 5.17. The number of methoxy groups -OCH3 is 1. The number of nitrogens with zero attached hydrogens (tertiary/aromatic N) is 1. The van der Waals surface area contributed by atoms with Gasteiger partial charge in [0.15, 0.2) is 0 Å². The van der Waals surface area contributed by atoms with Gasteiger partial charge in [-0.25, -0.2) is 0 Å². The SMILES string of the molecule is COc1ccc(N(C)CCCC(C)(C)CCN)cc1. The van der Waals surface area contributed by atoms with Crippen LogP contribution in [0.25, 0.3) is 0 Å². The summed E-state index contributed by atoms with van der Waals surface area (Å²) in [7, 11) is 3.83. The van der Waals surface area contributed by atoms with E-state index >= 15 is 0 Å². The van der Waals surface area contributed by atoms with E-state index in [1.165, 1.54) is 18.5 Å². The van der Waals surface area contributed by atoms with Crippen LogP contribution in [0.4, 0.5) is 5.69 Å². The van der Waals surface area contributed by atoms with Gasteiger partial charge in [0.1, 0.15) is 5.75 Å². The molecule has 0 saturated heterocycles. The van der Waals surface area contributed by atoms with E-state index in [2.05, 4.69) is 37.9 Å². The molecule has 0 radical (unpaired) electrons. The summed E-state index contributed by atoms with van der Waals surface area (Å²) in [6.07, 6.45) is 3.50. The van der Waals surface area contributed by atoms with Crippen molar-refractivity contribution in [1.82, 2.24) is 0 Å². The van der Waals surface area contributed by atoms with Crippen LogP contribution >= 0.6 is 0 Å². The minimum absolute atomic E-state index is 0.357. The molecule has 0 unspecified atom stereocenters. The fourth-order valence-electron chi connectivity index (χ4n) is 2.28. The van der Waals surface area contributed by atoms with Gasteiger partial charge in [-0.05, 0) is 55.5 Å². The van der Waals surface area contributed by atoms with Crippen molar-refractivity contribution in [3.8, 4) is 5.75 Å². The molecule has 0 amide bonds. The largest absolute Gasteiger partial charge is 0.497 e. The molecule has 0 spiro atoms. The van der Waals surface area contributed by atoms with Crippen molar-refractivity contribution in [3.63, 3.8) is 0 Å². The standard InChI is InChI=1S/C16H28N2O/c1-16(2,11-12-17)10-5-13-18(3)14-6-8-15(19-4)9-7-14/h6-9H,5,10-13,17H2,1-4H3. The second-order valence-electron chi connectivity index (χ2n) is 5.93. The van der Waals surface area contributed by atoms with Gasteiger partial charge in [-0.1, -0.05) is 13.8 Å². The van der Waals surface area contributed by atoms with E-state index in [4.69, 9.17) is 10.5 Å². The molecule has 0 aromatic heterocycles. The van der Waals surface area contributed by atoms with Crippen LogP contribution in [-0.4, -0.2) is 27.2 Å². The normalized spacial score (nSPS) is 11.4. The molecule has 1 aromatic carbocycles. The number of hydrogen-bond acceptors (Lipinski definition) is 3. The summed E-state index contributed by atoms with van der Waals surface area (Å²) in [6.45, 7) is 6.45. The Morgan fingerprint density at radius 3 is 2.32 bits per heavy atom. The fourth-order valence-corrected chi connectivity index (χ4v) is 2.28. The molecule has 108 valence electrons. The van der Waals surface area contributed by atoms with Gasteiger partial charge < -0.3 is 15.4 Å². The zero-order valence-corrected chi connectivity index (χ0v) is 12.8. The number of rotatable bonds is 8. The summed E-state index contributed by atoms with van der Waals surface area (Å²) >= 11 is 0. The number of hydrogen-bond donors (Lipinski definition) is 1. The number of nitrogens with two attached hydrogens (primary N) is 1. The molecular weight excluding hydrogens is 236 g/mol. The molecule has 2 N–H and O–H groups in total. The smallest absolute Gasteiger partial charge is 0.119 e. The van der Waals surface area contributed by atoms with Crippen molar-refractivity contribution in [2.45, 2.75) is 33.1 Å². The van der Waals surface area contributed by atoms with Gasteiger partial charge in [-0.3, -0.25) is 0 Å². The third-order valence-corrected chi connectivity index (χ3v) is 3.68. The Morgan fingerprint density at radius 2 is 1.79 bits per heavy atom. The van der Waals surface area contributed by atoms with Crippen LogP contribution in [0.2, 0.25) is 0 Å². The zero-order valence-electron chi connectivity index (χ0n) is 12.8. The van der Waals surface area contributed by atoms with Gasteiger partial charge in [-0.15, -0.1) is 0 Å². The Balaban J connectivity index is 2.40. The van der Waals surface area contributed by atoms with Gasteiger partial charge in [0, 0.05) is 19.3 Å². The van der Waals surface area contributed by atoms with Gasteiger partial charge in [0.05, 0.1) is 7.11 Å². The second kappa shape index (κ2) is 7.39. The maximum absolute atomic E-state index is 5.64. The second-order valence-corrected chi connectivity index (χ2v) is 5.93. The lowest BCUT2D eigenvalue weighted by Crippen LogP contribution is -2.22. The summed E-state index contributed by atoms with van der Waals surface area (Å²) in [5, 5.41) is 0. The molecule has 0 fully saturated rings. The molecule has 0 bridgehead atoms. The lowest BCUT2D eigenvalue weighted by molar-refractivity contribution is 0.306. The molecule has 1 aromatic rings. The molecule has 1 rings (SSSR count). The Morgan fingerprint density at radius 1 is 1.16 bits per heavy atom. The van der Waals surface area contributed by atoms with E-state index in [-0.39, 0.29) is 0 Å². The van der Waals surface area contributed by atoms with Gasteiger partial charge in [-0.2, -0.15) is 0 Å². The topological polar surface area (TPSA) is 38.5 Å². The van der Waals surface area contributed by atoms with Gasteiger partial charge >= 0.3 is 0 Å². The monoisotopic (exact) mass is 264 g/mol. The molecule has 0 heterocycles. The van der Waals surface area contributed by atoms with E-state index in [1.54, 1.807) is 7.11 Å².